The van der Waals surface area contributed by atoms with E-state index in [1.165, 1.54) is 19.2 Å². The number of urea groups is 1. The molecule has 216 valence electrons. The Morgan fingerprint density at radius 1 is 1.10 bits per heavy atom. The fourth-order valence-corrected chi connectivity index (χ4v) is 4.44. The molecule has 0 unspecified atom stereocenters. The van der Waals surface area contributed by atoms with Gasteiger partial charge in [-0.2, -0.15) is 4.98 Å². The molecule has 4 aromatic rings. The molecule has 0 fully saturated rings. The molecule has 0 aliphatic heterocycles. The lowest BCUT2D eigenvalue weighted by atomic mass is 10.1. The number of hydrogen-bond donors (Lipinski definition) is 4. The van der Waals surface area contributed by atoms with Crippen LogP contribution in [0.25, 0.3) is 22.2 Å². The first-order chi connectivity index (χ1) is 19.6. The van der Waals surface area contributed by atoms with E-state index in [1.54, 1.807) is 12.1 Å². The van der Waals surface area contributed by atoms with Crippen molar-refractivity contribution in [1.82, 2.24) is 25.3 Å². The Bertz CT molecular complexity index is 1540. The predicted molar refractivity (Wildman–Crippen MR) is 151 cm³/mol. The van der Waals surface area contributed by atoms with Crippen LogP contribution < -0.4 is 26.4 Å². The van der Waals surface area contributed by atoms with Crippen LogP contribution >= 0.6 is 11.3 Å². The van der Waals surface area contributed by atoms with Gasteiger partial charge in [0, 0.05) is 18.2 Å². The maximum atomic E-state index is 14.7. The molecule has 2 aromatic heterocycles. The molecule has 41 heavy (non-hydrogen) atoms. The molecular formula is C26H28F2N8O4S. The zero-order chi connectivity index (χ0) is 29.5. The molecule has 0 saturated heterocycles. The highest BCUT2D eigenvalue weighted by atomic mass is 32.1. The number of halogens is 2. The second-order valence-corrected chi connectivity index (χ2v) is 10.0. The predicted octanol–water partition coefficient (Wildman–Crippen LogP) is 4.44. The van der Waals surface area contributed by atoms with E-state index < -0.39 is 23.6 Å². The third kappa shape index (κ3) is 7.52. The van der Waals surface area contributed by atoms with Crippen molar-refractivity contribution in [3.8, 4) is 27.9 Å². The molecular weight excluding hydrogens is 558 g/mol. The number of rotatable bonds is 11. The lowest BCUT2D eigenvalue weighted by Crippen LogP contribution is -2.29. The van der Waals surface area contributed by atoms with Crippen molar-refractivity contribution >= 4 is 39.9 Å². The normalized spacial score (nSPS) is 11.0. The molecule has 0 atom stereocenters. The van der Waals surface area contributed by atoms with Gasteiger partial charge in [0.25, 0.3) is 11.8 Å². The summed E-state index contributed by atoms with van der Waals surface area (Å²) in [6, 6.07) is 7.47. The lowest BCUT2D eigenvalue weighted by molar-refractivity contribution is 0.102. The van der Waals surface area contributed by atoms with Crippen molar-refractivity contribution in [2.45, 2.75) is 12.8 Å². The van der Waals surface area contributed by atoms with Gasteiger partial charge in [0.15, 0.2) is 5.13 Å². The highest BCUT2D eigenvalue weighted by Gasteiger charge is 2.22. The Kier molecular flexibility index (Phi) is 9.41. The van der Waals surface area contributed by atoms with Crippen LogP contribution in [0.15, 0.2) is 40.9 Å². The van der Waals surface area contributed by atoms with Crippen molar-refractivity contribution in [3.63, 3.8) is 0 Å². The number of anilines is 3. The van der Waals surface area contributed by atoms with E-state index >= 15 is 0 Å². The first-order valence-electron chi connectivity index (χ1n) is 12.4. The van der Waals surface area contributed by atoms with Crippen LogP contribution in [0.2, 0.25) is 0 Å². The number of hydrogen-bond acceptors (Lipinski definition) is 10. The molecule has 0 spiro atoms. The number of methoxy groups -OCH3 is 1. The zero-order valence-corrected chi connectivity index (χ0v) is 23.3. The summed E-state index contributed by atoms with van der Waals surface area (Å²) in [6.07, 6.45) is 1.75. The number of carbonyl (C=O) groups is 2. The largest absolute Gasteiger partial charge is 0.497 e. The standard InChI is InChI=1S/C26H28F2N8O4S/c1-36(2)10-5-4-9-30-25(38)34-26-32-21(29)20(41-26)24-33-22(35-40-24)16-12-19(18(28)13-17(16)27)31-23(37)14-7-6-8-15(11-14)39-3/h6-8,11-13H,4-5,9-10,29H2,1-3H3,(H,31,37)(H2,30,32,34,38). The number of carbonyl (C=O) groups excluding carboxylic acids is 2. The minimum atomic E-state index is -0.996. The molecule has 15 heteroatoms. The monoisotopic (exact) mass is 586 g/mol. The van der Waals surface area contributed by atoms with Gasteiger partial charge in [0.1, 0.15) is 28.1 Å². The van der Waals surface area contributed by atoms with E-state index in [2.05, 4.69) is 36.0 Å². The van der Waals surface area contributed by atoms with Crippen LogP contribution in [0, 0.1) is 11.6 Å². The van der Waals surface area contributed by atoms with Gasteiger partial charge in [-0.05, 0) is 57.7 Å². The fourth-order valence-electron chi connectivity index (χ4n) is 3.63. The number of benzene rings is 2. The van der Waals surface area contributed by atoms with Crippen molar-refractivity contribution in [2.24, 2.45) is 0 Å². The third-order valence-corrected chi connectivity index (χ3v) is 6.66. The number of ether oxygens (including phenoxy) is 1. The van der Waals surface area contributed by atoms with Crippen molar-refractivity contribution in [2.75, 3.05) is 50.7 Å². The number of amides is 3. The summed E-state index contributed by atoms with van der Waals surface area (Å²) in [7, 11) is 5.41. The molecule has 2 heterocycles. The second kappa shape index (κ2) is 13.1. The first kappa shape index (κ1) is 29.4. The quantitative estimate of drug-likeness (QED) is 0.186. The highest BCUT2D eigenvalue weighted by Crippen LogP contribution is 2.35. The Balaban J connectivity index is 1.46. The first-order valence-corrected chi connectivity index (χ1v) is 13.2. The Morgan fingerprint density at radius 3 is 2.66 bits per heavy atom. The maximum absolute atomic E-state index is 14.7. The molecule has 3 amide bonds. The molecule has 0 saturated carbocycles. The third-order valence-electron chi connectivity index (χ3n) is 5.69. The summed E-state index contributed by atoms with van der Waals surface area (Å²) < 4.78 is 39.6. The molecule has 0 bridgehead atoms. The van der Waals surface area contributed by atoms with Gasteiger partial charge in [0.2, 0.25) is 5.82 Å². The number of unbranched alkanes of at least 4 members (excludes halogenated alkanes) is 1. The molecule has 2 aromatic carbocycles. The topological polar surface area (TPSA) is 161 Å². The molecule has 0 aliphatic carbocycles. The Labute approximate surface area is 237 Å². The average Bonchev–Trinajstić information content (AvgIpc) is 3.56. The van der Waals surface area contributed by atoms with E-state index in [0.29, 0.717) is 18.4 Å². The minimum absolute atomic E-state index is 0.0114. The smallest absolute Gasteiger partial charge is 0.321 e. The van der Waals surface area contributed by atoms with E-state index in [0.717, 1.165) is 36.8 Å². The number of nitrogens with zero attached hydrogens (tertiary/aromatic N) is 4. The fraction of sp³-hybridized carbons (Fsp3) is 0.269. The van der Waals surface area contributed by atoms with Crippen LogP contribution in [0.4, 0.5) is 30.2 Å². The summed E-state index contributed by atoms with van der Waals surface area (Å²) in [5.41, 5.74) is 5.67. The summed E-state index contributed by atoms with van der Waals surface area (Å²) in [6.45, 7) is 1.41. The average molecular weight is 587 g/mol. The Hall–Kier alpha value is -4.63. The summed E-state index contributed by atoms with van der Waals surface area (Å²) in [5.74, 6) is -2.46. The molecule has 4 rings (SSSR count). The molecule has 5 N–H and O–H groups in total. The summed E-state index contributed by atoms with van der Waals surface area (Å²) in [5, 5.41) is 11.7. The van der Waals surface area contributed by atoms with Gasteiger partial charge in [-0.25, -0.2) is 18.6 Å². The highest BCUT2D eigenvalue weighted by molar-refractivity contribution is 7.19. The van der Waals surface area contributed by atoms with E-state index in [-0.39, 0.29) is 44.4 Å². The van der Waals surface area contributed by atoms with Crippen LogP contribution in [0.3, 0.4) is 0 Å². The number of aromatic nitrogens is 3. The summed E-state index contributed by atoms with van der Waals surface area (Å²) >= 11 is 0.984. The number of nitrogen functional groups attached to an aromatic ring is 1. The number of nitrogens with one attached hydrogen (secondary N) is 3. The molecule has 0 radical (unpaired) electrons. The van der Waals surface area contributed by atoms with Gasteiger partial charge in [-0.1, -0.05) is 22.6 Å². The number of nitrogens with two attached hydrogens (primary N) is 1. The van der Waals surface area contributed by atoms with Crippen LogP contribution in [-0.4, -0.2) is 66.3 Å². The van der Waals surface area contributed by atoms with Gasteiger partial charge >= 0.3 is 6.03 Å². The van der Waals surface area contributed by atoms with Crippen molar-refractivity contribution in [1.29, 1.82) is 0 Å². The summed E-state index contributed by atoms with van der Waals surface area (Å²) in [4.78, 5) is 35.4. The van der Waals surface area contributed by atoms with Gasteiger partial charge in [-0.3, -0.25) is 10.1 Å². The SMILES string of the molecule is COc1cccc(C(=O)Nc2cc(-c3noc(-c4sc(NC(=O)NCCCCN(C)C)nc4N)n3)c(F)cc2F)c1. The van der Waals surface area contributed by atoms with Crippen molar-refractivity contribution in [3.05, 3.63) is 53.6 Å². The Morgan fingerprint density at radius 2 is 1.90 bits per heavy atom. The zero-order valence-electron chi connectivity index (χ0n) is 22.5. The van der Waals surface area contributed by atoms with Gasteiger partial charge in [0.05, 0.1) is 18.4 Å². The second-order valence-electron chi connectivity index (χ2n) is 9.05. The van der Waals surface area contributed by atoms with E-state index in [9.17, 15) is 18.4 Å². The van der Waals surface area contributed by atoms with Crippen LogP contribution in [0.1, 0.15) is 23.2 Å². The van der Waals surface area contributed by atoms with E-state index in [1.807, 2.05) is 14.1 Å². The van der Waals surface area contributed by atoms with Gasteiger partial charge in [-0.15, -0.1) is 0 Å². The lowest BCUT2D eigenvalue weighted by Gasteiger charge is -2.09. The number of thiazole rings is 1. The molecule has 0 aliphatic rings. The van der Waals surface area contributed by atoms with E-state index in [4.69, 9.17) is 15.0 Å². The van der Waals surface area contributed by atoms with Crippen LogP contribution in [0.5, 0.6) is 5.75 Å². The minimum Gasteiger partial charge on any atom is -0.497 e. The van der Waals surface area contributed by atoms with Crippen molar-refractivity contribution < 1.29 is 27.6 Å². The van der Waals surface area contributed by atoms with Crippen LogP contribution in [-0.2, 0) is 0 Å². The van der Waals surface area contributed by atoms with Gasteiger partial charge < -0.3 is 30.5 Å². The molecule has 12 nitrogen and oxygen atoms in total. The maximum Gasteiger partial charge on any atom is 0.321 e.